The van der Waals surface area contributed by atoms with E-state index >= 15 is 0 Å². The lowest BCUT2D eigenvalue weighted by molar-refractivity contribution is -0.116. The van der Waals surface area contributed by atoms with Crippen molar-refractivity contribution in [2.75, 3.05) is 31.2 Å². The van der Waals surface area contributed by atoms with Crippen molar-refractivity contribution in [3.05, 3.63) is 23.2 Å². The number of carbonyl (C=O) groups is 1. The van der Waals surface area contributed by atoms with E-state index in [1.54, 1.807) is 18.2 Å². The molecule has 0 radical (unpaired) electrons. The Bertz CT molecular complexity index is 527. The van der Waals surface area contributed by atoms with Crippen molar-refractivity contribution in [3.8, 4) is 6.07 Å². The molecule has 0 saturated carbocycles. The number of nitriles is 1. The average Bonchev–Trinajstić information content (AvgIpc) is 2.42. The number of anilines is 2. The van der Waals surface area contributed by atoms with E-state index in [0.29, 0.717) is 29.4 Å². The van der Waals surface area contributed by atoms with Crippen LogP contribution in [0.4, 0.5) is 11.4 Å². The highest BCUT2D eigenvalue weighted by atomic mass is 35.5. The molecule has 0 fully saturated rings. The van der Waals surface area contributed by atoms with Crippen molar-refractivity contribution >= 4 is 28.9 Å². The van der Waals surface area contributed by atoms with Crippen LogP contribution < -0.4 is 11.1 Å². The molecule has 0 aliphatic heterocycles. The number of carbonyl (C=O) groups excluding carboxylic acids is 1. The van der Waals surface area contributed by atoms with Crippen LogP contribution in [-0.2, 0) is 4.79 Å². The van der Waals surface area contributed by atoms with Gasteiger partial charge in [-0.25, -0.2) is 0 Å². The SMILES string of the molecule is CC(C#N)CN(C)CCCC(=O)Nc1cc(Cl)ccc1N. The minimum absolute atomic E-state index is 0.00455. The molecular formula is C15H21ClN4O. The van der Waals surface area contributed by atoms with E-state index in [4.69, 9.17) is 22.6 Å². The summed E-state index contributed by atoms with van der Waals surface area (Å²) in [5, 5.41) is 12.0. The maximum Gasteiger partial charge on any atom is 0.224 e. The summed E-state index contributed by atoms with van der Waals surface area (Å²) in [6.45, 7) is 3.36. The van der Waals surface area contributed by atoms with Gasteiger partial charge in [-0.1, -0.05) is 11.6 Å². The van der Waals surface area contributed by atoms with Gasteiger partial charge in [-0.15, -0.1) is 0 Å². The molecule has 3 N–H and O–H groups in total. The number of nitrogens with one attached hydrogen (secondary N) is 1. The number of rotatable bonds is 7. The molecule has 5 nitrogen and oxygen atoms in total. The summed E-state index contributed by atoms with van der Waals surface area (Å²) in [7, 11) is 1.95. The fourth-order valence-corrected chi connectivity index (χ4v) is 2.13. The molecule has 0 bridgehead atoms. The molecule has 1 unspecified atom stereocenters. The molecule has 0 saturated heterocycles. The van der Waals surface area contributed by atoms with E-state index in [1.807, 2.05) is 14.0 Å². The van der Waals surface area contributed by atoms with Crippen LogP contribution >= 0.6 is 11.6 Å². The molecule has 6 heteroatoms. The smallest absolute Gasteiger partial charge is 0.224 e. The second-order valence-corrected chi connectivity index (χ2v) is 5.61. The molecule has 0 aromatic heterocycles. The Hall–Kier alpha value is -1.77. The monoisotopic (exact) mass is 308 g/mol. The summed E-state index contributed by atoms with van der Waals surface area (Å²) in [5.74, 6) is -0.0965. The molecule has 1 atom stereocenters. The number of halogens is 1. The highest BCUT2D eigenvalue weighted by Gasteiger charge is 2.08. The van der Waals surface area contributed by atoms with Gasteiger partial charge >= 0.3 is 0 Å². The number of amides is 1. The summed E-state index contributed by atoms with van der Waals surface area (Å²) in [4.78, 5) is 13.9. The number of hydrogen-bond acceptors (Lipinski definition) is 4. The Labute approximate surface area is 130 Å². The summed E-state index contributed by atoms with van der Waals surface area (Å²) in [6.07, 6.45) is 1.12. The maximum atomic E-state index is 11.9. The standard InChI is InChI=1S/C15H21ClN4O/c1-11(9-17)10-20(2)7-3-4-15(21)19-14-8-12(16)5-6-13(14)18/h5-6,8,11H,3-4,7,10,18H2,1-2H3,(H,19,21). The van der Waals surface area contributed by atoms with E-state index in [2.05, 4.69) is 16.3 Å². The van der Waals surface area contributed by atoms with Crippen LogP contribution in [0.25, 0.3) is 0 Å². The van der Waals surface area contributed by atoms with E-state index < -0.39 is 0 Å². The second-order valence-electron chi connectivity index (χ2n) is 5.18. The van der Waals surface area contributed by atoms with Crippen molar-refractivity contribution in [1.82, 2.24) is 4.90 Å². The lowest BCUT2D eigenvalue weighted by Gasteiger charge is -2.17. The van der Waals surface area contributed by atoms with Crippen LogP contribution in [-0.4, -0.2) is 30.9 Å². The zero-order valence-corrected chi connectivity index (χ0v) is 13.2. The van der Waals surface area contributed by atoms with Gasteiger partial charge in [0.1, 0.15) is 0 Å². The van der Waals surface area contributed by atoms with Gasteiger partial charge < -0.3 is 16.0 Å². The van der Waals surface area contributed by atoms with Crippen LogP contribution in [0, 0.1) is 17.2 Å². The molecule has 114 valence electrons. The van der Waals surface area contributed by atoms with Gasteiger partial charge in [-0.3, -0.25) is 4.79 Å². The van der Waals surface area contributed by atoms with E-state index in [1.165, 1.54) is 0 Å². The third-order valence-electron chi connectivity index (χ3n) is 3.04. The number of benzene rings is 1. The zero-order valence-electron chi connectivity index (χ0n) is 12.4. The van der Waals surface area contributed by atoms with E-state index in [-0.39, 0.29) is 11.8 Å². The molecule has 0 aliphatic carbocycles. The van der Waals surface area contributed by atoms with Crippen molar-refractivity contribution in [1.29, 1.82) is 5.26 Å². The largest absolute Gasteiger partial charge is 0.397 e. The van der Waals surface area contributed by atoms with Crippen LogP contribution in [0.3, 0.4) is 0 Å². The van der Waals surface area contributed by atoms with Gasteiger partial charge in [0.25, 0.3) is 0 Å². The minimum atomic E-state index is -0.0919. The van der Waals surface area contributed by atoms with Gasteiger partial charge in [0.15, 0.2) is 0 Å². The quantitative estimate of drug-likeness (QED) is 0.759. The third-order valence-corrected chi connectivity index (χ3v) is 3.27. The Morgan fingerprint density at radius 3 is 2.95 bits per heavy atom. The summed E-state index contributed by atoms with van der Waals surface area (Å²) in [5.41, 5.74) is 6.81. The highest BCUT2D eigenvalue weighted by molar-refractivity contribution is 6.31. The molecular weight excluding hydrogens is 288 g/mol. The normalized spacial score (nSPS) is 12.0. The van der Waals surface area contributed by atoms with Crippen molar-refractivity contribution < 1.29 is 4.79 Å². The number of nitrogens with zero attached hydrogens (tertiary/aromatic N) is 2. The Balaban J connectivity index is 2.35. The summed E-state index contributed by atoms with van der Waals surface area (Å²) >= 11 is 5.87. The lowest BCUT2D eigenvalue weighted by atomic mass is 10.2. The second kappa shape index (κ2) is 8.50. The maximum absolute atomic E-state index is 11.9. The van der Waals surface area contributed by atoms with Gasteiger partial charge in [-0.05, 0) is 45.1 Å². The number of nitrogens with two attached hydrogens (primary N) is 1. The van der Waals surface area contributed by atoms with Crippen molar-refractivity contribution in [3.63, 3.8) is 0 Å². The van der Waals surface area contributed by atoms with Gasteiger partial charge in [0, 0.05) is 18.0 Å². The van der Waals surface area contributed by atoms with Gasteiger partial charge in [0.05, 0.1) is 23.4 Å². The van der Waals surface area contributed by atoms with Crippen LogP contribution in [0.15, 0.2) is 18.2 Å². The predicted octanol–water partition coefficient (Wildman–Crippen LogP) is 2.73. The number of hydrogen-bond donors (Lipinski definition) is 2. The topological polar surface area (TPSA) is 82.2 Å². The Kier molecular flexibility index (Phi) is 7.00. The van der Waals surface area contributed by atoms with E-state index in [9.17, 15) is 4.79 Å². The molecule has 1 rings (SSSR count). The molecule has 1 aromatic rings. The lowest BCUT2D eigenvalue weighted by Crippen LogP contribution is -2.25. The highest BCUT2D eigenvalue weighted by Crippen LogP contribution is 2.23. The Morgan fingerprint density at radius 2 is 2.29 bits per heavy atom. The summed E-state index contributed by atoms with van der Waals surface area (Å²) < 4.78 is 0. The zero-order chi connectivity index (χ0) is 15.8. The molecule has 1 amide bonds. The average molecular weight is 309 g/mol. The number of nitrogen functional groups attached to an aromatic ring is 1. The van der Waals surface area contributed by atoms with Gasteiger partial charge in [0.2, 0.25) is 5.91 Å². The molecule has 0 spiro atoms. The van der Waals surface area contributed by atoms with Crippen LogP contribution in [0.5, 0.6) is 0 Å². The van der Waals surface area contributed by atoms with Gasteiger partial charge in [-0.2, -0.15) is 5.26 Å². The fraction of sp³-hybridized carbons (Fsp3) is 0.467. The van der Waals surface area contributed by atoms with E-state index in [0.717, 1.165) is 13.0 Å². The molecule has 0 aliphatic rings. The minimum Gasteiger partial charge on any atom is -0.397 e. The molecule has 21 heavy (non-hydrogen) atoms. The fourth-order valence-electron chi connectivity index (χ4n) is 1.96. The van der Waals surface area contributed by atoms with Crippen LogP contribution in [0.1, 0.15) is 19.8 Å². The first-order valence-electron chi connectivity index (χ1n) is 6.85. The Morgan fingerprint density at radius 1 is 1.57 bits per heavy atom. The molecule has 1 aromatic carbocycles. The third kappa shape index (κ3) is 6.48. The summed E-state index contributed by atoms with van der Waals surface area (Å²) in [6, 6.07) is 7.17. The van der Waals surface area contributed by atoms with Crippen LogP contribution in [0.2, 0.25) is 5.02 Å². The predicted molar refractivity (Wildman–Crippen MR) is 86.0 cm³/mol. The van der Waals surface area contributed by atoms with Crippen molar-refractivity contribution in [2.45, 2.75) is 19.8 Å². The first-order chi connectivity index (χ1) is 9.92. The first kappa shape index (κ1) is 17.3. The first-order valence-corrected chi connectivity index (χ1v) is 7.23. The van der Waals surface area contributed by atoms with Crippen molar-refractivity contribution in [2.24, 2.45) is 5.92 Å². The molecule has 0 heterocycles.